The van der Waals surface area contributed by atoms with Crippen LogP contribution in [0.25, 0.3) is 0 Å². The maximum absolute atomic E-state index is 11.5. The van der Waals surface area contributed by atoms with Gasteiger partial charge >= 0.3 is 0 Å². The summed E-state index contributed by atoms with van der Waals surface area (Å²) in [6.07, 6.45) is 0. The average molecular weight is 297 g/mol. The van der Waals surface area contributed by atoms with E-state index in [1.54, 1.807) is 19.2 Å². The van der Waals surface area contributed by atoms with Crippen molar-refractivity contribution in [1.82, 2.24) is 5.32 Å². The number of rotatable bonds is 4. The minimum Gasteiger partial charge on any atom is -0.493 e. The second-order valence-electron chi connectivity index (χ2n) is 3.26. The molecule has 0 saturated carbocycles. The molecule has 0 aromatic heterocycles. The van der Waals surface area contributed by atoms with Crippen molar-refractivity contribution in [3.8, 4) is 11.8 Å². The summed E-state index contributed by atoms with van der Waals surface area (Å²) in [5.41, 5.74) is 1.64. The van der Waals surface area contributed by atoms with Crippen LogP contribution >= 0.6 is 15.9 Å². The first kappa shape index (κ1) is 13.5. The molecule has 5 heteroatoms. The van der Waals surface area contributed by atoms with Crippen molar-refractivity contribution in [1.29, 1.82) is 5.26 Å². The Labute approximate surface area is 109 Å². The normalized spacial score (nSPS) is 9.53. The molecule has 4 nitrogen and oxygen atoms in total. The molecule has 1 amide bonds. The van der Waals surface area contributed by atoms with Crippen LogP contribution in [0.5, 0.6) is 5.75 Å². The van der Waals surface area contributed by atoms with Crippen LogP contribution in [-0.4, -0.2) is 19.6 Å². The highest BCUT2D eigenvalue weighted by atomic mass is 79.9. The maximum Gasteiger partial charge on any atom is 0.251 e. The smallest absolute Gasteiger partial charge is 0.251 e. The van der Waals surface area contributed by atoms with Crippen LogP contribution in [0, 0.1) is 11.3 Å². The molecule has 0 saturated heterocycles. The molecular formula is C12H13BrN2O2. The largest absolute Gasteiger partial charge is 0.493 e. The number of halogens is 1. The van der Waals surface area contributed by atoms with E-state index >= 15 is 0 Å². The van der Waals surface area contributed by atoms with Gasteiger partial charge in [0, 0.05) is 23.5 Å². The number of carbonyl (C=O) groups is 1. The summed E-state index contributed by atoms with van der Waals surface area (Å²) in [6.45, 7) is 2.35. The summed E-state index contributed by atoms with van der Waals surface area (Å²) >= 11 is 3.32. The van der Waals surface area contributed by atoms with Gasteiger partial charge in [0.25, 0.3) is 5.91 Å². The van der Waals surface area contributed by atoms with Gasteiger partial charge in [0.2, 0.25) is 0 Å². The van der Waals surface area contributed by atoms with E-state index in [4.69, 9.17) is 10.00 Å². The van der Waals surface area contributed by atoms with E-state index in [0.29, 0.717) is 28.8 Å². The van der Waals surface area contributed by atoms with Gasteiger partial charge in [-0.1, -0.05) is 15.9 Å². The van der Waals surface area contributed by atoms with Crippen molar-refractivity contribution in [2.45, 2.75) is 12.3 Å². The summed E-state index contributed by atoms with van der Waals surface area (Å²) < 4.78 is 5.44. The highest BCUT2D eigenvalue weighted by Crippen LogP contribution is 2.27. The molecule has 1 N–H and O–H groups in total. The van der Waals surface area contributed by atoms with Crippen molar-refractivity contribution >= 4 is 21.8 Å². The van der Waals surface area contributed by atoms with Gasteiger partial charge in [0.15, 0.2) is 0 Å². The van der Waals surface area contributed by atoms with Crippen molar-refractivity contribution in [2.75, 3.05) is 13.7 Å². The number of carbonyl (C=O) groups excluding carboxylic acids is 1. The topological polar surface area (TPSA) is 62.1 Å². The van der Waals surface area contributed by atoms with Gasteiger partial charge in [0.1, 0.15) is 5.75 Å². The molecule has 0 fully saturated rings. The summed E-state index contributed by atoms with van der Waals surface area (Å²) in [6, 6.07) is 5.29. The Morgan fingerprint density at radius 1 is 1.59 bits per heavy atom. The average Bonchev–Trinajstić information content (AvgIpc) is 2.37. The van der Waals surface area contributed by atoms with Crippen molar-refractivity contribution in [3.63, 3.8) is 0 Å². The molecule has 1 rings (SSSR count). The highest BCUT2D eigenvalue weighted by molar-refractivity contribution is 9.08. The van der Waals surface area contributed by atoms with Crippen LogP contribution in [0.1, 0.15) is 28.4 Å². The van der Waals surface area contributed by atoms with Crippen molar-refractivity contribution in [3.05, 3.63) is 28.8 Å². The monoisotopic (exact) mass is 296 g/mol. The fourth-order valence-corrected chi connectivity index (χ4v) is 2.02. The van der Waals surface area contributed by atoms with Gasteiger partial charge < -0.3 is 10.1 Å². The molecule has 1 aromatic rings. The van der Waals surface area contributed by atoms with Crippen molar-refractivity contribution in [2.24, 2.45) is 0 Å². The molecule has 90 valence electrons. The van der Waals surface area contributed by atoms with Crippen LogP contribution < -0.4 is 10.1 Å². The predicted molar refractivity (Wildman–Crippen MR) is 68.3 cm³/mol. The van der Waals surface area contributed by atoms with Crippen LogP contribution in [0.4, 0.5) is 0 Å². The molecule has 0 radical (unpaired) electrons. The lowest BCUT2D eigenvalue weighted by Crippen LogP contribution is -2.18. The number of nitriles is 1. The molecule has 0 bridgehead atoms. The van der Waals surface area contributed by atoms with E-state index in [1.807, 2.05) is 6.92 Å². The van der Waals surface area contributed by atoms with E-state index in [2.05, 4.69) is 27.3 Å². The van der Waals surface area contributed by atoms with Gasteiger partial charge in [-0.05, 0) is 19.1 Å². The van der Waals surface area contributed by atoms with Crippen LogP contribution in [-0.2, 0) is 5.33 Å². The second kappa shape index (κ2) is 6.26. The molecule has 0 atom stereocenters. The third-order valence-corrected chi connectivity index (χ3v) is 2.81. The first-order valence-corrected chi connectivity index (χ1v) is 6.27. The SMILES string of the molecule is CCOc1cc(C(=O)NC)cc(C#N)c1CBr. The van der Waals surface area contributed by atoms with Gasteiger partial charge in [0.05, 0.1) is 18.2 Å². The lowest BCUT2D eigenvalue weighted by atomic mass is 10.0. The minimum atomic E-state index is -0.233. The van der Waals surface area contributed by atoms with Gasteiger partial charge in [-0.3, -0.25) is 4.79 Å². The van der Waals surface area contributed by atoms with Crippen LogP contribution in [0.15, 0.2) is 12.1 Å². The molecule has 1 aromatic carbocycles. The molecular weight excluding hydrogens is 284 g/mol. The summed E-state index contributed by atoms with van der Waals surface area (Å²) in [4.78, 5) is 11.5. The predicted octanol–water partition coefficient (Wildman–Crippen LogP) is 2.21. The lowest BCUT2D eigenvalue weighted by Gasteiger charge is -2.11. The zero-order chi connectivity index (χ0) is 12.8. The Balaban J connectivity index is 3.35. The van der Waals surface area contributed by atoms with Gasteiger partial charge in [-0.15, -0.1) is 0 Å². The fraction of sp³-hybridized carbons (Fsp3) is 0.333. The highest BCUT2D eigenvalue weighted by Gasteiger charge is 2.14. The van der Waals surface area contributed by atoms with E-state index in [0.717, 1.165) is 5.56 Å². The number of hydrogen-bond donors (Lipinski definition) is 1. The van der Waals surface area contributed by atoms with Gasteiger partial charge in [-0.2, -0.15) is 5.26 Å². The van der Waals surface area contributed by atoms with E-state index in [1.165, 1.54) is 0 Å². The number of benzene rings is 1. The minimum absolute atomic E-state index is 0.233. The third kappa shape index (κ3) is 2.98. The first-order chi connectivity index (χ1) is 8.17. The standard InChI is InChI=1S/C12H13BrN2O2/c1-3-17-11-5-8(12(16)15-2)4-9(7-14)10(11)6-13/h4-5H,3,6H2,1-2H3,(H,15,16). The Hall–Kier alpha value is -1.54. The summed E-state index contributed by atoms with van der Waals surface area (Å²) in [7, 11) is 1.55. The first-order valence-electron chi connectivity index (χ1n) is 5.15. The number of ether oxygens (including phenoxy) is 1. The van der Waals surface area contributed by atoms with Gasteiger partial charge in [-0.25, -0.2) is 0 Å². The van der Waals surface area contributed by atoms with E-state index in [9.17, 15) is 4.79 Å². The number of amides is 1. The molecule has 0 heterocycles. The molecule has 0 aliphatic carbocycles. The summed E-state index contributed by atoms with van der Waals surface area (Å²) in [5, 5.41) is 12.1. The molecule has 0 spiro atoms. The Bertz CT molecular complexity index is 466. The zero-order valence-corrected chi connectivity index (χ0v) is 11.3. The number of nitrogens with zero attached hydrogens (tertiary/aromatic N) is 1. The molecule has 0 aliphatic rings. The summed E-state index contributed by atoms with van der Waals surface area (Å²) in [5.74, 6) is 0.339. The number of alkyl halides is 1. The quantitative estimate of drug-likeness (QED) is 0.867. The Kier molecular flexibility index (Phi) is 4.98. The van der Waals surface area contributed by atoms with Crippen LogP contribution in [0.3, 0.4) is 0 Å². The third-order valence-electron chi connectivity index (χ3n) is 2.25. The Morgan fingerprint density at radius 2 is 2.29 bits per heavy atom. The fourth-order valence-electron chi connectivity index (χ4n) is 1.44. The molecule has 0 unspecified atom stereocenters. The van der Waals surface area contributed by atoms with Crippen LogP contribution in [0.2, 0.25) is 0 Å². The van der Waals surface area contributed by atoms with E-state index in [-0.39, 0.29) is 5.91 Å². The molecule has 0 aliphatic heterocycles. The second-order valence-corrected chi connectivity index (χ2v) is 3.82. The maximum atomic E-state index is 11.5. The lowest BCUT2D eigenvalue weighted by molar-refractivity contribution is 0.0962. The number of hydrogen-bond acceptors (Lipinski definition) is 3. The Morgan fingerprint density at radius 3 is 2.76 bits per heavy atom. The molecule has 17 heavy (non-hydrogen) atoms. The van der Waals surface area contributed by atoms with Crippen molar-refractivity contribution < 1.29 is 9.53 Å². The number of nitrogens with one attached hydrogen (secondary N) is 1. The zero-order valence-electron chi connectivity index (χ0n) is 9.71. The van der Waals surface area contributed by atoms with E-state index < -0.39 is 0 Å².